The molecule has 0 radical (unpaired) electrons. The predicted molar refractivity (Wildman–Crippen MR) is 110 cm³/mol. The van der Waals surface area contributed by atoms with E-state index in [2.05, 4.69) is 10.3 Å². The molecule has 2 amide bonds. The van der Waals surface area contributed by atoms with E-state index in [9.17, 15) is 14.7 Å². The van der Waals surface area contributed by atoms with Crippen LogP contribution < -0.4 is 0 Å². The molecule has 1 aromatic rings. The summed E-state index contributed by atoms with van der Waals surface area (Å²) < 4.78 is 13.1. The molecule has 0 aromatic carbocycles. The van der Waals surface area contributed by atoms with Crippen LogP contribution in [0, 0.1) is 5.92 Å². The highest BCUT2D eigenvalue weighted by Crippen LogP contribution is 2.18. The minimum absolute atomic E-state index is 0.0192. The van der Waals surface area contributed by atoms with E-state index >= 15 is 0 Å². The van der Waals surface area contributed by atoms with Gasteiger partial charge < -0.3 is 24.4 Å². The summed E-state index contributed by atoms with van der Waals surface area (Å²) in [5.74, 6) is -0.109. The summed E-state index contributed by atoms with van der Waals surface area (Å²) in [5.41, 5.74) is 0.700. The Morgan fingerprint density at radius 3 is 2.83 bits per heavy atom. The molecular formula is C20H35N5O5. The van der Waals surface area contributed by atoms with Crippen LogP contribution in [0.5, 0.6) is 0 Å². The minimum Gasteiger partial charge on any atom is -0.447 e. The number of carbonyl (C=O) groups excluding carboxylic acids is 2. The molecule has 1 N–H and O–H groups in total. The summed E-state index contributed by atoms with van der Waals surface area (Å²) in [6, 6.07) is -0.299. The number of aliphatic hydroxyl groups excluding tert-OH is 1. The number of aliphatic hydroxyl groups is 1. The molecule has 0 fully saturated rings. The fraction of sp³-hybridized carbons (Fsp3) is 0.800. The van der Waals surface area contributed by atoms with Crippen LogP contribution in [0.3, 0.4) is 0 Å². The normalized spacial score (nSPS) is 22.1. The first kappa shape index (κ1) is 24.1. The van der Waals surface area contributed by atoms with Crippen molar-refractivity contribution >= 4 is 12.0 Å². The summed E-state index contributed by atoms with van der Waals surface area (Å²) in [6.45, 7) is 8.85. The van der Waals surface area contributed by atoms with Crippen molar-refractivity contribution in [2.75, 3.05) is 26.7 Å². The smallest absolute Gasteiger partial charge is 0.409 e. The fourth-order valence-corrected chi connectivity index (χ4v) is 3.33. The Labute approximate surface area is 178 Å². The number of hydrogen-bond acceptors (Lipinski definition) is 7. The predicted octanol–water partition coefficient (Wildman–Crippen LogP) is 1.28. The number of ether oxygens (including phenoxy) is 2. The third-order valence-electron chi connectivity index (χ3n) is 5.15. The van der Waals surface area contributed by atoms with E-state index in [0.29, 0.717) is 38.2 Å². The van der Waals surface area contributed by atoms with E-state index in [-0.39, 0.29) is 43.3 Å². The number of hydrogen-bond donors (Lipinski definition) is 1. The largest absolute Gasteiger partial charge is 0.447 e. The van der Waals surface area contributed by atoms with Crippen molar-refractivity contribution in [3.63, 3.8) is 0 Å². The maximum absolute atomic E-state index is 12.8. The van der Waals surface area contributed by atoms with E-state index in [4.69, 9.17) is 9.47 Å². The molecule has 1 aliphatic rings. The lowest BCUT2D eigenvalue weighted by Crippen LogP contribution is -2.47. The average molecular weight is 426 g/mol. The molecule has 1 aliphatic heterocycles. The summed E-state index contributed by atoms with van der Waals surface area (Å²) in [7, 11) is 1.66. The first-order chi connectivity index (χ1) is 14.2. The first-order valence-electron chi connectivity index (χ1n) is 10.5. The molecule has 0 spiro atoms. The molecule has 0 aliphatic carbocycles. The lowest BCUT2D eigenvalue weighted by atomic mass is 10.0. The number of rotatable bonds is 5. The summed E-state index contributed by atoms with van der Waals surface area (Å²) in [5, 5.41) is 17.9. The van der Waals surface area contributed by atoms with E-state index in [1.165, 1.54) is 4.90 Å². The molecule has 1 aromatic heterocycles. The zero-order valence-electron chi connectivity index (χ0n) is 18.7. The van der Waals surface area contributed by atoms with E-state index in [0.717, 1.165) is 0 Å². The van der Waals surface area contributed by atoms with Gasteiger partial charge in [-0.15, -0.1) is 5.10 Å². The van der Waals surface area contributed by atoms with E-state index in [1.54, 1.807) is 30.5 Å². The van der Waals surface area contributed by atoms with Gasteiger partial charge in [-0.05, 0) is 27.2 Å². The monoisotopic (exact) mass is 425 g/mol. The van der Waals surface area contributed by atoms with Gasteiger partial charge in [-0.3, -0.25) is 9.48 Å². The second-order valence-electron chi connectivity index (χ2n) is 8.29. The quantitative estimate of drug-likeness (QED) is 0.757. The Kier molecular flexibility index (Phi) is 9.04. The molecule has 3 atom stereocenters. The third-order valence-corrected chi connectivity index (χ3v) is 5.15. The van der Waals surface area contributed by atoms with Crippen molar-refractivity contribution < 1.29 is 24.2 Å². The molecule has 30 heavy (non-hydrogen) atoms. The van der Waals surface area contributed by atoms with Gasteiger partial charge in [0, 0.05) is 32.5 Å². The highest BCUT2D eigenvalue weighted by molar-refractivity contribution is 5.76. The molecule has 2 bridgehead atoms. The lowest BCUT2D eigenvalue weighted by molar-refractivity contribution is -0.136. The van der Waals surface area contributed by atoms with Crippen LogP contribution in [-0.2, 0) is 27.4 Å². The fourth-order valence-electron chi connectivity index (χ4n) is 3.33. The zero-order chi connectivity index (χ0) is 22.3. The Hall–Kier alpha value is -2.20. The summed E-state index contributed by atoms with van der Waals surface area (Å²) in [6.07, 6.45) is 1.81. The van der Waals surface area contributed by atoms with Gasteiger partial charge in [0.15, 0.2) is 0 Å². The van der Waals surface area contributed by atoms with E-state index < -0.39 is 6.09 Å². The van der Waals surface area contributed by atoms with Crippen molar-refractivity contribution in [3.8, 4) is 0 Å². The summed E-state index contributed by atoms with van der Waals surface area (Å²) in [4.78, 5) is 28.3. The number of carbonyl (C=O) groups is 2. The number of fused-ring (bicyclic) bond motifs is 2. The second-order valence-corrected chi connectivity index (χ2v) is 8.29. The van der Waals surface area contributed by atoms with Crippen LogP contribution in [0.15, 0.2) is 6.20 Å². The molecule has 0 saturated carbocycles. The number of likely N-dealkylation sites (N-methyl/N-ethyl adjacent to an activating group) is 1. The van der Waals surface area contributed by atoms with Crippen LogP contribution in [0.4, 0.5) is 4.79 Å². The maximum Gasteiger partial charge on any atom is 0.409 e. The average Bonchev–Trinajstić information content (AvgIpc) is 3.14. The van der Waals surface area contributed by atoms with Crippen LogP contribution in [0.1, 0.15) is 46.2 Å². The third kappa shape index (κ3) is 6.94. The Bertz CT molecular complexity index is 695. The lowest BCUT2D eigenvalue weighted by Gasteiger charge is -2.35. The highest BCUT2D eigenvalue weighted by Gasteiger charge is 2.29. The molecular weight excluding hydrogens is 390 g/mol. The van der Waals surface area contributed by atoms with Crippen molar-refractivity contribution in [1.29, 1.82) is 0 Å². The molecule has 2 heterocycles. The van der Waals surface area contributed by atoms with E-state index in [1.807, 2.05) is 20.0 Å². The van der Waals surface area contributed by atoms with Gasteiger partial charge in [-0.2, -0.15) is 0 Å². The zero-order valence-corrected chi connectivity index (χ0v) is 18.7. The number of aromatic nitrogens is 3. The van der Waals surface area contributed by atoms with Crippen LogP contribution in [-0.4, -0.2) is 86.9 Å². The molecule has 10 nitrogen and oxygen atoms in total. The Morgan fingerprint density at radius 1 is 1.43 bits per heavy atom. The number of aryl methyl sites for hydroxylation is 1. The first-order valence-corrected chi connectivity index (χ1v) is 10.5. The van der Waals surface area contributed by atoms with Crippen molar-refractivity contribution in [3.05, 3.63) is 11.9 Å². The second kappa shape index (κ2) is 11.3. The van der Waals surface area contributed by atoms with Crippen LogP contribution in [0.25, 0.3) is 0 Å². The van der Waals surface area contributed by atoms with Crippen LogP contribution in [0.2, 0.25) is 0 Å². The molecule has 10 heteroatoms. The highest BCUT2D eigenvalue weighted by atomic mass is 16.6. The van der Waals surface area contributed by atoms with Gasteiger partial charge in [-0.25, -0.2) is 4.79 Å². The topological polar surface area (TPSA) is 110 Å². The van der Waals surface area contributed by atoms with Crippen molar-refractivity contribution in [2.24, 2.45) is 5.92 Å². The number of amides is 2. The molecule has 0 saturated heterocycles. The molecule has 170 valence electrons. The van der Waals surface area contributed by atoms with Gasteiger partial charge in [0.05, 0.1) is 44.2 Å². The summed E-state index contributed by atoms with van der Waals surface area (Å²) >= 11 is 0. The van der Waals surface area contributed by atoms with Gasteiger partial charge in [0.2, 0.25) is 5.91 Å². The van der Waals surface area contributed by atoms with Crippen molar-refractivity contribution in [1.82, 2.24) is 24.8 Å². The SMILES string of the molecule is CC(C)OC(=O)N(C)C[C@H]1OCc2cn(nn2)CCCC(=O)N([C@H](C)CO)C[C@@H]1C. The minimum atomic E-state index is -0.425. The Morgan fingerprint density at radius 2 is 2.17 bits per heavy atom. The van der Waals surface area contributed by atoms with Gasteiger partial charge in [0.25, 0.3) is 0 Å². The molecule has 2 rings (SSSR count). The maximum atomic E-state index is 12.8. The van der Waals surface area contributed by atoms with Gasteiger partial charge >= 0.3 is 6.09 Å². The van der Waals surface area contributed by atoms with Crippen LogP contribution >= 0.6 is 0 Å². The number of nitrogens with zero attached hydrogens (tertiary/aromatic N) is 5. The van der Waals surface area contributed by atoms with Gasteiger partial charge in [-0.1, -0.05) is 12.1 Å². The van der Waals surface area contributed by atoms with Gasteiger partial charge in [0.1, 0.15) is 5.69 Å². The van der Waals surface area contributed by atoms with Crippen molar-refractivity contribution in [2.45, 2.75) is 71.9 Å². The molecule has 0 unspecified atom stereocenters. The Balaban J connectivity index is 2.21. The standard InChI is InChI=1S/C20H35N5O5/c1-14(2)30-20(28)23(5)11-18-15(3)9-25(16(4)12-26)19(27)7-6-8-24-10-17(13-29-18)21-22-24/h10,14-16,18,26H,6-9,11-13H2,1-5H3/t15-,16+,18+/m0/s1.